The molecule has 0 bridgehead atoms. The van der Waals surface area contributed by atoms with Crippen molar-refractivity contribution in [2.45, 2.75) is 18.9 Å². The number of rotatable bonds is 3. The van der Waals surface area contributed by atoms with E-state index in [2.05, 4.69) is 9.98 Å². The topological polar surface area (TPSA) is 87.5 Å². The molecule has 0 aliphatic heterocycles. The zero-order chi connectivity index (χ0) is 15.0. The second-order valence-electron chi connectivity index (χ2n) is 4.82. The molecule has 2 aromatic rings. The van der Waals surface area contributed by atoms with Gasteiger partial charge < -0.3 is 5.11 Å². The Balaban J connectivity index is 2.15. The van der Waals surface area contributed by atoms with E-state index in [1.807, 2.05) is 0 Å². The standard InChI is InChI=1S/C14H12ClN3O3/c15-8-1-5-10(6-2-8)18-13(20)11(7-16-9-3-4-9)12(19)17-14(18)21/h1-2,5-7,9,20H,3-4H2,(H,17,19,21). The van der Waals surface area contributed by atoms with E-state index in [0.29, 0.717) is 10.7 Å². The summed E-state index contributed by atoms with van der Waals surface area (Å²) in [5.74, 6) is -0.435. The van der Waals surface area contributed by atoms with Gasteiger partial charge in [-0.25, -0.2) is 9.36 Å². The minimum Gasteiger partial charge on any atom is -0.493 e. The van der Waals surface area contributed by atoms with Crippen molar-refractivity contribution < 1.29 is 5.11 Å². The lowest BCUT2D eigenvalue weighted by Crippen LogP contribution is -2.31. The van der Waals surface area contributed by atoms with Crippen molar-refractivity contribution in [3.05, 3.63) is 55.7 Å². The first-order valence-electron chi connectivity index (χ1n) is 6.43. The number of nitrogens with zero attached hydrogens (tertiary/aromatic N) is 2. The largest absolute Gasteiger partial charge is 0.493 e. The zero-order valence-electron chi connectivity index (χ0n) is 10.9. The summed E-state index contributed by atoms with van der Waals surface area (Å²) < 4.78 is 1.01. The van der Waals surface area contributed by atoms with Crippen molar-refractivity contribution >= 4 is 17.8 Å². The van der Waals surface area contributed by atoms with Crippen LogP contribution in [-0.4, -0.2) is 26.9 Å². The highest BCUT2D eigenvalue weighted by molar-refractivity contribution is 6.30. The van der Waals surface area contributed by atoms with Crippen LogP contribution in [0.4, 0.5) is 0 Å². The van der Waals surface area contributed by atoms with Crippen LogP contribution in [0.1, 0.15) is 18.4 Å². The van der Waals surface area contributed by atoms with Crippen LogP contribution >= 0.6 is 11.6 Å². The van der Waals surface area contributed by atoms with Crippen LogP contribution in [0.15, 0.2) is 38.8 Å². The van der Waals surface area contributed by atoms with Crippen molar-refractivity contribution in [2.24, 2.45) is 4.99 Å². The Morgan fingerprint density at radius 1 is 1.29 bits per heavy atom. The fourth-order valence-corrected chi connectivity index (χ4v) is 2.01. The second kappa shape index (κ2) is 5.21. The van der Waals surface area contributed by atoms with Crippen molar-refractivity contribution in [2.75, 3.05) is 0 Å². The first-order chi connectivity index (χ1) is 10.1. The Morgan fingerprint density at radius 2 is 1.95 bits per heavy atom. The van der Waals surface area contributed by atoms with Crippen LogP contribution in [0.5, 0.6) is 5.88 Å². The fourth-order valence-electron chi connectivity index (χ4n) is 1.89. The summed E-state index contributed by atoms with van der Waals surface area (Å²) in [6.45, 7) is 0. The summed E-state index contributed by atoms with van der Waals surface area (Å²) >= 11 is 5.80. The molecule has 1 aromatic carbocycles. The number of aliphatic imine (C=N–C) groups is 1. The van der Waals surface area contributed by atoms with Crippen LogP contribution in [0.3, 0.4) is 0 Å². The molecule has 0 unspecified atom stereocenters. The molecule has 1 aromatic heterocycles. The third-order valence-electron chi connectivity index (χ3n) is 3.17. The fraction of sp³-hybridized carbons (Fsp3) is 0.214. The number of aromatic hydroxyl groups is 1. The van der Waals surface area contributed by atoms with Gasteiger partial charge in [0.15, 0.2) is 0 Å². The maximum absolute atomic E-state index is 11.9. The number of aromatic nitrogens is 2. The summed E-state index contributed by atoms with van der Waals surface area (Å²) in [7, 11) is 0. The van der Waals surface area contributed by atoms with E-state index in [1.54, 1.807) is 24.3 Å². The minimum atomic E-state index is -0.719. The van der Waals surface area contributed by atoms with Crippen LogP contribution < -0.4 is 11.2 Å². The average Bonchev–Trinajstić information content (AvgIpc) is 3.24. The van der Waals surface area contributed by atoms with Gasteiger partial charge in [0, 0.05) is 11.2 Å². The molecule has 0 atom stereocenters. The Bertz CT molecular complexity index is 817. The van der Waals surface area contributed by atoms with Crippen molar-refractivity contribution in [3.8, 4) is 11.6 Å². The molecular weight excluding hydrogens is 294 g/mol. The van der Waals surface area contributed by atoms with Crippen molar-refractivity contribution in [3.63, 3.8) is 0 Å². The van der Waals surface area contributed by atoms with Gasteiger partial charge in [0.2, 0.25) is 5.88 Å². The molecule has 1 fully saturated rings. The van der Waals surface area contributed by atoms with Crippen LogP contribution in [-0.2, 0) is 0 Å². The molecule has 1 aliphatic carbocycles. The summed E-state index contributed by atoms with van der Waals surface area (Å²) in [4.78, 5) is 30.0. The second-order valence-corrected chi connectivity index (χ2v) is 5.25. The number of H-pyrrole nitrogens is 1. The number of hydrogen-bond donors (Lipinski definition) is 2. The van der Waals surface area contributed by atoms with Gasteiger partial charge in [-0.3, -0.25) is 14.8 Å². The monoisotopic (exact) mass is 305 g/mol. The molecule has 21 heavy (non-hydrogen) atoms. The van der Waals surface area contributed by atoms with E-state index in [1.165, 1.54) is 6.21 Å². The zero-order valence-corrected chi connectivity index (χ0v) is 11.7. The summed E-state index contributed by atoms with van der Waals surface area (Å²) in [6.07, 6.45) is 3.27. The Kier molecular flexibility index (Phi) is 3.39. The third kappa shape index (κ3) is 2.75. The lowest BCUT2D eigenvalue weighted by atomic mass is 10.3. The van der Waals surface area contributed by atoms with Gasteiger partial charge in [-0.1, -0.05) is 11.6 Å². The van der Waals surface area contributed by atoms with Gasteiger partial charge in [-0.2, -0.15) is 0 Å². The number of hydrogen-bond acceptors (Lipinski definition) is 4. The number of benzene rings is 1. The molecule has 6 nitrogen and oxygen atoms in total. The number of halogens is 1. The molecule has 1 aliphatic rings. The minimum absolute atomic E-state index is 0.0311. The highest BCUT2D eigenvalue weighted by Gasteiger charge is 2.20. The molecule has 0 spiro atoms. The molecule has 7 heteroatoms. The Morgan fingerprint density at radius 3 is 2.57 bits per heavy atom. The van der Waals surface area contributed by atoms with Gasteiger partial charge >= 0.3 is 5.69 Å². The Hall–Kier alpha value is -2.34. The van der Waals surface area contributed by atoms with Crippen LogP contribution in [0.2, 0.25) is 5.02 Å². The first-order valence-corrected chi connectivity index (χ1v) is 6.81. The van der Waals surface area contributed by atoms with Crippen LogP contribution in [0, 0.1) is 0 Å². The quantitative estimate of drug-likeness (QED) is 0.842. The maximum Gasteiger partial charge on any atom is 0.335 e. The highest BCUT2D eigenvalue weighted by atomic mass is 35.5. The molecule has 1 saturated carbocycles. The molecule has 1 heterocycles. The van der Waals surface area contributed by atoms with Gasteiger partial charge in [0.1, 0.15) is 5.56 Å². The number of nitrogens with one attached hydrogen (secondary N) is 1. The van der Waals surface area contributed by atoms with Gasteiger partial charge in [-0.05, 0) is 37.1 Å². The van der Waals surface area contributed by atoms with E-state index in [9.17, 15) is 14.7 Å². The predicted octanol–water partition coefficient (Wildman–Crippen LogP) is 1.47. The predicted molar refractivity (Wildman–Crippen MR) is 80.0 cm³/mol. The van der Waals surface area contributed by atoms with E-state index in [4.69, 9.17) is 11.6 Å². The Labute approximate surface area is 124 Å². The molecular formula is C14H12ClN3O3. The lowest BCUT2D eigenvalue weighted by Gasteiger charge is -2.09. The van der Waals surface area contributed by atoms with E-state index >= 15 is 0 Å². The van der Waals surface area contributed by atoms with Gasteiger partial charge in [0.05, 0.1) is 11.7 Å². The smallest absolute Gasteiger partial charge is 0.335 e. The van der Waals surface area contributed by atoms with Crippen molar-refractivity contribution in [1.82, 2.24) is 9.55 Å². The maximum atomic E-state index is 11.9. The normalized spacial score (nSPS) is 14.7. The van der Waals surface area contributed by atoms with Crippen molar-refractivity contribution in [1.29, 1.82) is 0 Å². The van der Waals surface area contributed by atoms with E-state index in [-0.39, 0.29) is 11.6 Å². The lowest BCUT2D eigenvalue weighted by molar-refractivity contribution is 0.430. The van der Waals surface area contributed by atoms with E-state index in [0.717, 1.165) is 17.4 Å². The third-order valence-corrected chi connectivity index (χ3v) is 3.42. The van der Waals surface area contributed by atoms with E-state index < -0.39 is 17.1 Å². The highest BCUT2D eigenvalue weighted by Crippen LogP contribution is 2.24. The molecule has 3 rings (SSSR count). The average molecular weight is 306 g/mol. The molecule has 0 amide bonds. The SMILES string of the molecule is O=c1[nH]c(=O)n(-c2ccc(Cl)cc2)c(O)c1C=NC1CC1. The first kappa shape index (κ1) is 13.6. The van der Waals surface area contributed by atoms with Gasteiger partial charge in [-0.15, -0.1) is 0 Å². The molecule has 108 valence electrons. The summed E-state index contributed by atoms with van der Waals surface area (Å²) in [5, 5.41) is 10.7. The molecule has 0 saturated heterocycles. The molecule has 2 N–H and O–H groups in total. The van der Waals surface area contributed by atoms with Gasteiger partial charge in [0.25, 0.3) is 5.56 Å². The summed E-state index contributed by atoms with van der Waals surface area (Å²) in [6, 6.07) is 6.53. The molecule has 0 radical (unpaired) electrons. The van der Waals surface area contributed by atoms with Crippen LogP contribution in [0.25, 0.3) is 5.69 Å². The number of aromatic amines is 1. The summed E-state index contributed by atoms with van der Waals surface area (Å²) in [5.41, 5.74) is -1.01.